The molecule has 3 aromatic rings. The molecular formula is C27H32N6O3S. The zero-order chi connectivity index (χ0) is 25.5. The van der Waals surface area contributed by atoms with Crippen LogP contribution in [0.4, 0.5) is 11.5 Å². The quantitative estimate of drug-likeness (QED) is 0.512. The predicted octanol–water partition coefficient (Wildman–Crippen LogP) is 3.45. The van der Waals surface area contributed by atoms with Crippen molar-refractivity contribution >= 4 is 45.2 Å². The highest BCUT2D eigenvalue weighted by molar-refractivity contribution is 7.19. The van der Waals surface area contributed by atoms with Crippen molar-refractivity contribution in [1.82, 2.24) is 14.9 Å². The Bertz CT molecular complexity index is 1370. The summed E-state index contributed by atoms with van der Waals surface area (Å²) in [6.07, 6.45) is 5.78. The number of nitrogens with one attached hydrogen (secondary N) is 1. The van der Waals surface area contributed by atoms with Gasteiger partial charge in [0, 0.05) is 30.1 Å². The van der Waals surface area contributed by atoms with Gasteiger partial charge in [0.15, 0.2) is 0 Å². The monoisotopic (exact) mass is 520 g/mol. The van der Waals surface area contributed by atoms with E-state index >= 15 is 0 Å². The zero-order valence-corrected chi connectivity index (χ0v) is 22.0. The van der Waals surface area contributed by atoms with Crippen molar-refractivity contribution in [3.63, 3.8) is 0 Å². The van der Waals surface area contributed by atoms with Crippen LogP contribution >= 0.6 is 11.3 Å². The summed E-state index contributed by atoms with van der Waals surface area (Å²) in [5, 5.41) is 4.58. The lowest BCUT2D eigenvalue weighted by atomic mass is 9.86. The standard InChI is InChI=1S/C27H32N6O3S/c1-15-13-35-6-5-33(15)27(34)17-3-4-20-23(9-17)37-26-24(20)25(30-14-31-26)32-21-7-18-11-29-12-19(18)8-22(21)36-16(2)10-28/h7-8,11,14-17H,3-6,9-10,12-13,28H2,1-2H3,(H,30,31,32)/t15-,16+,17+/m1/s1. The van der Waals surface area contributed by atoms with Crippen molar-refractivity contribution in [3.8, 4) is 5.75 Å². The number of aryl methyl sites for hydroxylation is 1. The smallest absolute Gasteiger partial charge is 0.226 e. The summed E-state index contributed by atoms with van der Waals surface area (Å²) >= 11 is 1.68. The molecule has 2 aromatic heterocycles. The molecule has 3 aliphatic rings. The third-order valence-corrected chi connectivity index (χ3v) is 8.65. The lowest BCUT2D eigenvalue weighted by Gasteiger charge is -2.36. The topological polar surface area (TPSA) is 115 Å². The Balaban J connectivity index is 1.31. The highest BCUT2D eigenvalue weighted by Gasteiger charge is 2.34. The average molecular weight is 521 g/mol. The van der Waals surface area contributed by atoms with E-state index in [1.54, 1.807) is 17.7 Å². The maximum atomic E-state index is 13.3. The van der Waals surface area contributed by atoms with Crippen molar-refractivity contribution in [3.05, 3.63) is 40.0 Å². The first-order chi connectivity index (χ1) is 18.0. The second-order valence-corrected chi connectivity index (χ2v) is 11.2. The number of hydrogen-bond acceptors (Lipinski definition) is 9. The van der Waals surface area contributed by atoms with Gasteiger partial charge in [-0.05, 0) is 61.9 Å². The number of ether oxygens (including phenoxy) is 2. The minimum Gasteiger partial charge on any atom is -0.487 e. The number of hydrogen-bond donors (Lipinski definition) is 2. The summed E-state index contributed by atoms with van der Waals surface area (Å²) in [7, 11) is 0. The van der Waals surface area contributed by atoms with E-state index in [0.717, 1.165) is 57.9 Å². The number of anilines is 2. The number of amides is 1. The molecule has 6 rings (SSSR count). The third kappa shape index (κ3) is 4.58. The maximum Gasteiger partial charge on any atom is 0.226 e. The van der Waals surface area contributed by atoms with E-state index in [1.165, 1.54) is 10.4 Å². The molecule has 10 heteroatoms. The van der Waals surface area contributed by atoms with Gasteiger partial charge in [0.25, 0.3) is 0 Å². The number of carbonyl (C=O) groups excluding carboxylic acids is 1. The fourth-order valence-electron chi connectivity index (χ4n) is 5.43. The van der Waals surface area contributed by atoms with Crippen molar-refractivity contribution in [2.24, 2.45) is 16.6 Å². The van der Waals surface area contributed by atoms with E-state index < -0.39 is 0 Å². The summed E-state index contributed by atoms with van der Waals surface area (Å²) in [5.41, 5.74) is 10.1. The van der Waals surface area contributed by atoms with Crippen LogP contribution in [0.1, 0.15) is 41.8 Å². The number of thiophene rings is 1. The molecule has 194 valence electrons. The molecule has 1 fully saturated rings. The van der Waals surface area contributed by atoms with Gasteiger partial charge in [-0.1, -0.05) is 0 Å². The van der Waals surface area contributed by atoms with Crippen LogP contribution < -0.4 is 15.8 Å². The van der Waals surface area contributed by atoms with Crippen LogP contribution in [0.15, 0.2) is 23.5 Å². The minimum atomic E-state index is -0.121. The van der Waals surface area contributed by atoms with Gasteiger partial charge in [-0.25, -0.2) is 9.97 Å². The fourth-order valence-corrected chi connectivity index (χ4v) is 6.70. The molecule has 1 aromatic carbocycles. The minimum absolute atomic E-state index is 0.000711. The highest BCUT2D eigenvalue weighted by Crippen LogP contribution is 2.42. The summed E-state index contributed by atoms with van der Waals surface area (Å²) in [6.45, 7) is 7.01. The van der Waals surface area contributed by atoms with Gasteiger partial charge >= 0.3 is 0 Å². The van der Waals surface area contributed by atoms with Gasteiger partial charge in [0.05, 0.1) is 36.9 Å². The lowest BCUT2D eigenvalue weighted by Crippen LogP contribution is -2.50. The molecule has 2 aliphatic heterocycles. The van der Waals surface area contributed by atoms with E-state index in [9.17, 15) is 4.79 Å². The van der Waals surface area contributed by atoms with Crippen LogP contribution in [0.2, 0.25) is 0 Å². The normalized spacial score (nSPS) is 21.5. The number of nitrogens with zero attached hydrogens (tertiary/aromatic N) is 4. The predicted molar refractivity (Wildman–Crippen MR) is 145 cm³/mol. The van der Waals surface area contributed by atoms with E-state index in [2.05, 4.69) is 33.3 Å². The zero-order valence-electron chi connectivity index (χ0n) is 21.2. The third-order valence-electron chi connectivity index (χ3n) is 7.49. The Labute approximate surface area is 220 Å². The van der Waals surface area contributed by atoms with Gasteiger partial charge in [-0.2, -0.15) is 0 Å². The Kier molecular flexibility index (Phi) is 6.56. The van der Waals surface area contributed by atoms with Gasteiger partial charge in [0.1, 0.15) is 28.8 Å². The number of carbonyl (C=O) groups is 1. The Morgan fingerprint density at radius 2 is 2.27 bits per heavy atom. The van der Waals surface area contributed by atoms with Crippen molar-refractivity contribution in [1.29, 1.82) is 0 Å². The number of aliphatic imine (C=N–C) groups is 1. The Morgan fingerprint density at radius 3 is 3.11 bits per heavy atom. The Hall–Kier alpha value is -3.08. The molecule has 9 nitrogen and oxygen atoms in total. The molecule has 4 heterocycles. The maximum absolute atomic E-state index is 13.3. The molecule has 1 amide bonds. The molecule has 3 N–H and O–H groups in total. The molecule has 0 bridgehead atoms. The molecule has 37 heavy (non-hydrogen) atoms. The first-order valence-electron chi connectivity index (χ1n) is 13.0. The molecule has 3 atom stereocenters. The van der Waals surface area contributed by atoms with E-state index in [-0.39, 0.29) is 24.0 Å². The summed E-state index contributed by atoms with van der Waals surface area (Å²) in [4.78, 5) is 31.1. The molecular weight excluding hydrogens is 488 g/mol. The van der Waals surface area contributed by atoms with Crippen molar-refractivity contribution < 1.29 is 14.3 Å². The van der Waals surface area contributed by atoms with Crippen LogP contribution in [0.3, 0.4) is 0 Å². The second kappa shape index (κ2) is 10.00. The van der Waals surface area contributed by atoms with Gasteiger partial charge in [-0.3, -0.25) is 9.79 Å². The first-order valence-corrected chi connectivity index (χ1v) is 13.8. The summed E-state index contributed by atoms with van der Waals surface area (Å²) in [5.74, 6) is 1.75. The average Bonchev–Trinajstić information content (AvgIpc) is 3.52. The second-order valence-electron chi connectivity index (χ2n) is 10.1. The molecule has 0 radical (unpaired) electrons. The molecule has 0 saturated carbocycles. The van der Waals surface area contributed by atoms with E-state index in [4.69, 9.17) is 15.2 Å². The van der Waals surface area contributed by atoms with E-state index in [0.29, 0.717) is 32.8 Å². The van der Waals surface area contributed by atoms with Gasteiger partial charge < -0.3 is 25.4 Å². The number of morpholine rings is 1. The number of nitrogens with two attached hydrogens (primary N) is 1. The molecule has 1 aliphatic carbocycles. The lowest BCUT2D eigenvalue weighted by molar-refractivity contribution is -0.143. The van der Waals surface area contributed by atoms with Gasteiger partial charge in [-0.15, -0.1) is 11.3 Å². The van der Waals surface area contributed by atoms with E-state index in [1.807, 2.05) is 24.1 Å². The largest absolute Gasteiger partial charge is 0.487 e. The van der Waals surface area contributed by atoms with Gasteiger partial charge in [0.2, 0.25) is 5.91 Å². The Morgan fingerprint density at radius 1 is 1.38 bits per heavy atom. The number of benzene rings is 1. The number of aromatic nitrogens is 2. The van der Waals surface area contributed by atoms with Crippen LogP contribution in [-0.4, -0.2) is 65.4 Å². The van der Waals surface area contributed by atoms with Crippen LogP contribution in [0.25, 0.3) is 10.2 Å². The van der Waals surface area contributed by atoms with Crippen LogP contribution in [0.5, 0.6) is 5.75 Å². The fraction of sp³-hybridized carbons (Fsp3) is 0.481. The van der Waals surface area contributed by atoms with Crippen molar-refractivity contribution in [2.75, 3.05) is 31.6 Å². The summed E-state index contributed by atoms with van der Waals surface area (Å²) < 4.78 is 11.7. The highest BCUT2D eigenvalue weighted by atomic mass is 32.1. The first kappa shape index (κ1) is 24.3. The number of fused-ring (bicyclic) bond motifs is 4. The SMILES string of the molecule is C[C@@H]1COCCN1C(=O)[C@H]1CCc2c(sc3ncnc(Nc4cc5c(cc4O[C@@H](C)CN)CN=C5)c23)C1. The number of rotatable bonds is 6. The van der Waals surface area contributed by atoms with Crippen LogP contribution in [-0.2, 0) is 28.9 Å². The summed E-state index contributed by atoms with van der Waals surface area (Å²) in [6, 6.07) is 4.23. The molecule has 0 spiro atoms. The van der Waals surface area contributed by atoms with Crippen molar-refractivity contribution in [2.45, 2.75) is 51.8 Å². The molecule has 1 saturated heterocycles. The van der Waals surface area contributed by atoms with Crippen LogP contribution in [0, 0.1) is 5.92 Å². The molecule has 0 unspecified atom stereocenters.